The number of nitrogens with one attached hydrogen (secondary N) is 2. The van der Waals surface area contributed by atoms with E-state index in [0.717, 1.165) is 39.3 Å². The van der Waals surface area contributed by atoms with E-state index < -0.39 is 17.6 Å². The lowest BCUT2D eigenvalue weighted by Crippen LogP contribution is -2.55. The highest BCUT2D eigenvalue weighted by Crippen LogP contribution is 2.23. The van der Waals surface area contributed by atoms with Gasteiger partial charge in [0.1, 0.15) is 0 Å². The van der Waals surface area contributed by atoms with E-state index in [9.17, 15) is 9.59 Å². The van der Waals surface area contributed by atoms with Crippen LogP contribution in [0.4, 0.5) is 0 Å². The molecular formula is C30H44N6O8Si2. The zero-order valence-corrected chi connectivity index (χ0v) is 28.2. The zero-order chi connectivity index (χ0) is 31.7. The van der Waals surface area contributed by atoms with Crippen LogP contribution in [0.15, 0.2) is 36.7 Å². The van der Waals surface area contributed by atoms with E-state index in [2.05, 4.69) is 30.4 Å². The van der Waals surface area contributed by atoms with Gasteiger partial charge in [-0.2, -0.15) is 0 Å². The van der Waals surface area contributed by atoms with Gasteiger partial charge in [-0.1, -0.05) is 0 Å². The molecule has 0 atom stereocenters. The molecule has 250 valence electrons. The topological polar surface area (TPSA) is 146 Å². The Morgan fingerprint density at radius 1 is 0.609 bits per heavy atom. The van der Waals surface area contributed by atoms with E-state index in [1.54, 1.807) is 36.7 Å². The van der Waals surface area contributed by atoms with Gasteiger partial charge in [-0.05, 0) is 37.1 Å². The van der Waals surface area contributed by atoms with Crippen molar-refractivity contribution in [2.45, 2.75) is 24.9 Å². The summed E-state index contributed by atoms with van der Waals surface area (Å²) in [5.41, 5.74) is 1.93. The molecule has 8 heterocycles. The van der Waals surface area contributed by atoms with Crippen molar-refractivity contribution >= 4 is 29.4 Å². The Labute approximate surface area is 271 Å². The van der Waals surface area contributed by atoms with Crippen molar-refractivity contribution < 1.29 is 36.1 Å². The highest BCUT2D eigenvalue weighted by molar-refractivity contribution is 6.61. The summed E-state index contributed by atoms with van der Waals surface area (Å²) in [5.74, 6) is -0.423. The maximum Gasteiger partial charge on any atom is 0.501 e. The number of amides is 2. The van der Waals surface area contributed by atoms with Crippen LogP contribution in [0.2, 0.25) is 12.1 Å². The lowest BCUT2D eigenvalue weighted by atomic mass is 10.1. The SMILES string of the molecule is O=C(NCCC[Si]12OCCN(CCO1)CCO2)c1ccnc(-c2cc(C(=O)NCCC[Si]34OCCN(CCO3)CCO4)ccn2)c1. The Morgan fingerprint density at radius 3 is 1.30 bits per heavy atom. The van der Waals surface area contributed by atoms with Gasteiger partial charge in [-0.25, -0.2) is 0 Å². The molecule has 2 N–H and O–H groups in total. The van der Waals surface area contributed by atoms with E-state index in [1.165, 1.54) is 0 Å². The molecule has 2 aromatic heterocycles. The van der Waals surface area contributed by atoms with Gasteiger partial charge in [0.05, 0.1) is 51.0 Å². The van der Waals surface area contributed by atoms with Gasteiger partial charge in [-0.15, -0.1) is 0 Å². The van der Waals surface area contributed by atoms with Crippen LogP contribution < -0.4 is 10.6 Å². The second kappa shape index (κ2) is 16.0. The summed E-state index contributed by atoms with van der Waals surface area (Å²) in [5, 5.41) is 5.97. The minimum absolute atomic E-state index is 0.212. The van der Waals surface area contributed by atoms with Crippen LogP contribution in [-0.2, 0) is 26.6 Å². The van der Waals surface area contributed by atoms with Crippen molar-refractivity contribution in [1.29, 1.82) is 0 Å². The van der Waals surface area contributed by atoms with Crippen LogP contribution >= 0.6 is 0 Å². The number of fused-ring (bicyclic) bond motifs is 12. The molecule has 0 spiro atoms. The first-order valence-electron chi connectivity index (χ1n) is 16.3. The fourth-order valence-electron chi connectivity index (χ4n) is 5.98. The van der Waals surface area contributed by atoms with E-state index in [1.807, 2.05) is 0 Å². The molecule has 6 fully saturated rings. The zero-order valence-electron chi connectivity index (χ0n) is 26.2. The molecule has 6 aliphatic rings. The van der Waals surface area contributed by atoms with Gasteiger partial charge in [-0.3, -0.25) is 29.4 Å². The number of hydrogen-bond donors (Lipinski definition) is 2. The number of carbonyl (C=O) groups is 2. The second-order valence-corrected chi connectivity index (χ2v) is 17.2. The molecule has 16 heteroatoms. The van der Waals surface area contributed by atoms with Gasteiger partial charge in [0, 0.05) is 88.0 Å². The molecule has 0 aliphatic carbocycles. The van der Waals surface area contributed by atoms with Crippen molar-refractivity contribution in [3.63, 3.8) is 0 Å². The predicted molar refractivity (Wildman–Crippen MR) is 171 cm³/mol. The van der Waals surface area contributed by atoms with Crippen LogP contribution in [0.25, 0.3) is 11.4 Å². The fourth-order valence-corrected chi connectivity index (χ4v) is 11.0. The van der Waals surface area contributed by atoms with Crippen LogP contribution in [-0.4, -0.2) is 141 Å². The normalized spacial score (nSPS) is 28.2. The minimum atomic E-state index is -2.72. The predicted octanol–water partition coefficient (Wildman–Crippen LogP) is 1.02. The quantitative estimate of drug-likeness (QED) is 0.260. The maximum atomic E-state index is 13.0. The Hall–Kier alpha value is -2.65. The Bertz CT molecular complexity index is 1190. The average molecular weight is 673 g/mol. The number of hydrogen-bond acceptors (Lipinski definition) is 12. The van der Waals surface area contributed by atoms with Crippen molar-refractivity contribution in [3.05, 3.63) is 47.8 Å². The summed E-state index contributed by atoms with van der Waals surface area (Å²) in [4.78, 5) is 39.4. The fraction of sp³-hybridized carbons (Fsp3) is 0.600. The summed E-state index contributed by atoms with van der Waals surface area (Å²) < 4.78 is 36.5. The van der Waals surface area contributed by atoms with E-state index in [0.29, 0.717) is 100 Å². The molecular weight excluding hydrogens is 629 g/mol. The molecule has 8 rings (SSSR count). The molecule has 0 radical (unpaired) electrons. The molecule has 2 aromatic rings. The van der Waals surface area contributed by atoms with Crippen LogP contribution in [0, 0.1) is 0 Å². The van der Waals surface area contributed by atoms with Gasteiger partial charge in [0.25, 0.3) is 11.8 Å². The Kier molecular flexibility index (Phi) is 11.5. The molecule has 2 amide bonds. The van der Waals surface area contributed by atoms with Crippen LogP contribution in [0.1, 0.15) is 33.6 Å². The molecule has 6 saturated heterocycles. The number of carbonyl (C=O) groups excluding carboxylic acids is 2. The van der Waals surface area contributed by atoms with E-state index in [4.69, 9.17) is 26.6 Å². The Morgan fingerprint density at radius 2 is 0.957 bits per heavy atom. The monoisotopic (exact) mass is 672 g/mol. The van der Waals surface area contributed by atoms with Crippen molar-refractivity contribution in [2.75, 3.05) is 92.0 Å². The summed E-state index contributed by atoms with van der Waals surface area (Å²) in [6.45, 7) is 9.96. The second-order valence-electron chi connectivity index (χ2n) is 11.7. The number of rotatable bonds is 11. The number of nitrogens with zero attached hydrogens (tertiary/aromatic N) is 4. The van der Waals surface area contributed by atoms with E-state index in [-0.39, 0.29) is 11.8 Å². The maximum absolute atomic E-state index is 13.0. The van der Waals surface area contributed by atoms with Crippen molar-refractivity contribution in [2.24, 2.45) is 0 Å². The van der Waals surface area contributed by atoms with Crippen molar-refractivity contribution in [1.82, 2.24) is 30.4 Å². The lowest BCUT2D eigenvalue weighted by Gasteiger charge is -2.38. The molecule has 0 saturated carbocycles. The molecule has 14 nitrogen and oxygen atoms in total. The third-order valence-electron chi connectivity index (χ3n) is 8.57. The lowest BCUT2D eigenvalue weighted by molar-refractivity contribution is -0.00898. The molecule has 6 aliphatic heterocycles. The van der Waals surface area contributed by atoms with Gasteiger partial charge < -0.3 is 37.2 Å². The molecule has 4 bridgehead atoms. The average Bonchev–Trinajstić information content (AvgIpc) is 3.01. The summed E-state index contributed by atoms with van der Waals surface area (Å²) in [6.07, 6.45) is 4.52. The highest BCUT2D eigenvalue weighted by atomic mass is 28.4. The summed E-state index contributed by atoms with van der Waals surface area (Å²) in [7, 11) is -5.44. The summed E-state index contributed by atoms with van der Waals surface area (Å²) >= 11 is 0. The highest BCUT2D eigenvalue weighted by Gasteiger charge is 2.44. The van der Waals surface area contributed by atoms with E-state index >= 15 is 0 Å². The molecule has 0 unspecified atom stereocenters. The molecule has 46 heavy (non-hydrogen) atoms. The third kappa shape index (κ3) is 8.83. The number of pyridine rings is 2. The first-order valence-corrected chi connectivity index (χ1v) is 20.2. The van der Waals surface area contributed by atoms with Gasteiger partial charge in [0.2, 0.25) is 0 Å². The Balaban J connectivity index is 0.976. The summed E-state index contributed by atoms with van der Waals surface area (Å²) in [6, 6.07) is 8.01. The van der Waals surface area contributed by atoms with Gasteiger partial charge in [0.15, 0.2) is 0 Å². The number of aromatic nitrogens is 2. The largest absolute Gasteiger partial charge is 0.501 e. The standard InChI is InChI=1S/C30H44N6O8Si2/c37-29(33-5-1-21-45-39-15-9-35(10-16-40-45)11-17-41-45)25-3-7-31-27(23-25)28-24-26(4-8-32-28)30(38)34-6-2-22-46-42-18-12-36(13-19-43-46)14-20-44-46/h3-4,7-8,23-24H,1-2,5-6,9-22H2,(H,33,37)(H,34,38). The van der Waals surface area contributed by atoms with Gasteiger partial charge >= 0.3 is 17.6 Å². The minimum Gasteiger partial charge on any atom is -0.372 e. The van der Waals surface area contributed by atoms with Crippen LogP contribution in [0.3, 0.4) is 0 Å². The smallest absolute Gasteiger partial charge is 0.372 e. The third-order valence-corrected chi connectivity index (χ3v) is 14.4. The van der Waals surface area contributed by atoms with Crippen LogP contribution in [0.5, 0.6) is 0 Å². The molecule has 0 aromatic carbocycles. The first kappa shape index (κ1) is 33.3. The first-order chi connectivity index (χ1) is 22.5. The van der Waals surface area contributed by atoms with Crippen molar-refractivity contribution in [3.8, 4) is 11.4 Å².